The Morgan fingerprint density at radius 3 is 2.38 bits per heavy atom. The fraction of sp³-hybridized carbons (Fsp3) is 0.806. The second kappa shape index (κ2) is 9.30. The molecule has 0 spiro atoms. The van der Waals surface area contributed by atoms with E-state index in [1.54, 1.807) is 0 Å². The molecule has 6 aliphatic rings. The standard InChI is InChI=1S/C31H42O9/c1-15(32)40-17-8-10-29(2)16(12-17)6-7-21-20(29)9-11-30(3)25-18(13-31(21,30)36)22(26(33)37-4)24(27(34)38-5)23-19(25)14-39-28(23)35/h16-18,20-22,24-25,36H,6-14H2,1-5H3. The van der Waals surface area contributed by atoms with Gasteiger partial charge in [0.1, 0.15) is 18.6 Å². The summed E-state index contributed by atoms with van der Waals surface area (Å²) < 4.78 is 21.4. The van der Waals surface area contributed by atoms with E-state index in [0.717, 1.165) is 50.5 Å². The molecule has 220 valence electrons. The summed E-state index contributed by atoms with van der Waals surface area (Å²) in [7, 11) is 2.55. The molecule has 0 saturated heterocycles. The lowest BCUT2D eigenvalue weighted by molar-refractivity contribution is -0.210. The van der Waals surface area contributed by atoms with Crippen molar-refractivity contribution in [3.8, 4) is 0 Å². The molecule has 40 heavy (non-hydrogen) atoms. The van der Waals surface area contributed by atoms with Crippen LogP contribution in [0.25, 0.3) is 0 Å². The molecule has 11 unspecified atom stereocenters. The number of carbonyl (C=O) groups excluding carboxylic acids is 4. The van der Waals surface area contributed by atoms with Crippen molar-refractivity contribution < 1.29 is 43.2 Å². The predicted octanol–water partition coefficient (Wildman–Crippen LogP) is 3.36. The average molecular weight is 559 g/mol. The molecule has 0 aromatic carbocycles. The molecule has 4 saturated carbocycles. The van der Waals surface area contributed by atoms with Crippen LogP contribution in [0, 0.1) is 52.3 Å². The summed E-state index contributed by atoms with van der Waals surface area (Å²) in [5, 5.41) is 12.9. The van der Waals surface area contributed by atoms with Gasteiger partial charge in [0.25, 0.3) is 0 Å². The van der Waals surface area contributed by atoms with Gasteiger partial charge < -0.3 is 24.1 Å². The van der Waals surface area contributed by atoms with Crippen LogP contribution in [0.4, 0.5) is 0 Å². The highest BCUT2D eigenvalue weighted by Crippen LogP contribution is 2.73. The maximum Gasteiger partial charge on any atom is 0.335 e. The molecule has 9 heteroatoms. The normalized spacial score (nSPS) is 47.1. The molecule has 0 amide bonds. The van der Waals surface area contributed by atoms with E-state index in [4.69, 9.17) is 18.9 Å². The van der Waals surface area contributed by atoms with Crippen LogP contribution in [0.1, 0.15) is 72.1 Å². The molecule has 11 atom stereocenters. The predicted molar refractivity (Wildman–Crippen MR) is 140 cm³/mol. The summed E-state index contributed by atoms with van der Waals surface area (Å²) in [5.74, 6) is -3.94. The number of ether oxygens (including phenoxy) is 4. The second-order valence-electron chi connectivity index (χ2n) is 13.8. The minimum Gasteiger partial charge on any atom is -0.469 e. The van der Waals surface area contributed by atoms with Gasteiger partial charge in [-0.1, -0.05) is 13.8 Å². The third-order valence-corrected chi connectivity index (χ3v) is 12.6. The molecule has 1 N–H and O–H groups in total. The van der Waals surface area contributed by atoms with Gasteiger partial charge >= 0.3 is 23.9 Å². The second-order valence-corrected chi connectivity index (χ2v) is 13.8. The fourth-order valence-electron chi connectivity index (χ4n) is 10.9. The number of fused-ring (bicyclic) bond motifs is 8. The Morgan fingerprint density at radius 1 is 0.975 bits per heavy atom. The van der Waals surface area contributed by atoms with Crippen molar-refractivity contribution in [2.45, 2.75) is 83.8 Å². The first-order valence-electron chi connectivity index (χ1n) is 14.9. The minimum atomic E-state index is -1.10. The van der Waals surface area contributed by atoms with E-state index in [1.165, 1.54) is 21.1 Å². The van der Waals surface area contributed by atoms with Crippen molar-refractivity contribution in [1.82, 2.24) is 0 Å². The van der Waals surface area contributed by atoms with Crippen LogP contribution >= 0.6 is 0 Å². The van der Waals surface area contributed by atoms with Crippen LogP contribution in [0.3, 0.4) is 0 Å². The number of hydrogen-bond acceptors (Lipinski definition) is 9. The smallest absolute Gasteiger partial charge is 0.335 e. The van der Waals surface area contributed by atoms with Crippen molar-refractivity contribution in [2.75, 3.05) is 20.8 Å². The Hall–Kier alpha value is -2.42. The van der Waals surface area contributed by atoms with Crippen LogP contribution in [-0.2, 0) is 38.1 Å². The summed E-state index contributed by atoms with van der Waals surface area (Å²) in [6.45, 7) is 6.03. The lowest BCUT2D eigenvalue weighted by Crippen LogP contribution is -2.62. The number of esters is 4. The Bertz CT molecular complexity index is 1180. The molecule has 0 radical (unpaired) electrons. The zero-order valence-corrected chi connectivity index (χ0v) is 24.2. The zero-order chi connectivity index (χ0) is 28.8. The van der Waals surface area contributed by atoms with Gasteiger partial charge in [-0.05, 0) is 91.9 Å². The van der Waals surface area contributed by atoms with Gasteiger partial charge in [-0.15, -0.1) is 0 Å². The Labute approximate surface area is 235 Å². The minimum absolute atomic E-state index is 0.0254. The molecule has 4 fully saturated rings. The van der Waals surface area contributed by atoms with E-state index >= 15 is 0 Å². The Balaban J connectivity index is 1.40. The van der Waals surface area contributed by atoms with Crippen LogP contribution in [-0.4, -0.2) is 61.5 Å². The topological polar surface area (TPSA) is 125 Å². The highest BCUT2D eigenvalue weighted by molar-refractivity contribution is 6.01. The molecule has 0 aromatic rings. The number of aliphatic hydroxyl groups is 1. The first-order chi connectivity index (χ1) is 18.9. The van der Waals surface area contributed by atoms with Gasteiger partial charge in [0, 0.05) is 12.3 Å². The zero-order valence-electron chi connectivity index (χ0n) is 24.2. The lowest BCUT2D eigenvalue weighted by atomic mass is 9.43. The number of carbonyl (C=O) groups is 4. The first kappa shape index (κ1) is 27.7. The highest BCUT2D eigenvalue weighted by atomic mass is 16.5. The van der Waals surface area contributed by atoms with E-state index in [0.29, 0.717) is 18.3 Å². The van der Waals surface area contributed by atoms with Gasteiger partial charge in [0.15, 0.2) is 0 Å². The molecule has 1 heterocycles. The summed E-state index contributed by atoms with van der Waals surface area (Å²) >= 11 is 0. The Kier molecular flexibility index (Phi) is 6.45. The van der Waals surface area contributed by atoms with Crippen LogP contribution < -0.4 is 0 Å². The van der Waals surface area contributed by atoms with Crippen LogP contribution in [0.5, 0.6) is 0 Å². The molecule has 0 aromatic heterocycles. The van der Waals surface area contributed by atoms with Crippen molar-refractivity contribution in [3.05, 3.63) is 11.1 Å². The van der Waals surface area contributed by atoms with Gasteiger partial charge in [0.2, 0.25) is 0 Å². The van der Waals surface area contributed by atoms with Gasteiger partial charge in [-0.25, -0.2) is 4.79 Å². The third kappa shape index (κ3) is 3.54. The van der Waals surface area contributed by atoms with Crippen molar-refractivity contribution >= 4 is 23.9 Å². The molecular formula is C31H42O9. The maximum absolute atomic E-state index is 13.4. The van der Waals surface area contributed by atoms with E-state index in [-0.39, 0.29) is 47.4 Å². The summed E-state index contributed by atoms with van der Waals surface area (Å²) in [4.78, 5) is 51.1. The van der Waals surface area contributed by atoms with E-state index in [1.807, 2.05) is 0 Å². The molecule has 5 aliphatic carbocycles. The van der Waals surface area contributed by atoms with Gasteiger partial charge in [-0.2, -0.15) is 0 Å². The highest BCUT2D eigenvalue weighted by Gasteiger charge is 2.74. The fourth-order valence-corrected chi connectivity index (χ4v) is 10.9. The number of hydrogen-bond donors (Lipinski definition) is 1. The first-order valence-corrected chi connectivity index (χ1v) is 14.9. The van der Waals surface area contributed by atoms with Gasteiger partial charge in [0.05, 0.1) is 31.3 Å². The van der Waals surface area contributed by atoms with Crippen LogP contribution in [0.2, 0.25) is 0 Å². The SMILES string of the molecule is COC(=O)C1C2=C(COC2=O)C2C(CC3(O)C4CCC5CC(OC(C)=O)CCC5(C)C4CCC23C)C1C(=O)OC. The van der Waals surface area contributed by atoms with Gasteiger partial charge in [-0.3, -0.25) is 14.4 Å². The number of methoxy groups -OCH3 is 2. The van der Waals surface area contributed by atoms with Crippen LogP contribution in [0.15, 0.2) is 11.1 Å². The molecule has 9 nitrogen and oxygen atoms in total. The molecular weight excluding hydrogens is 516 g/mol. The number of cyclic esters (lactones) is 1. The van der Waals surface area contributed by atoms with Crippen molar-refractivity contribution in [3.63, 3.8) is 0 Å². The number of rotatable bonds is 3. The van der Waals surface area contributed by atoms with Crippen molar-refractivity contribution in [1.29, 1.82) is 0 Å². The van der Waals surface area contributed by atoms with E-state index in [2.05, 4.69) is 13.8 Å². The summed E-state index contributed by atoms with van der Waals surface area (Å²) in [5.41, 5.74) is -0.650. The third-order valence-electron chi connectivity index (χ3n) is 12.6. The quantitative estimate of drug-likeness (QED) is 0.410. The van der Waals surface area contributed by atoms with Crippen molar-refractivity contribution in [2.24, 2.45) is 52.3 Å². The monoisotopic (exact) mass is 558 g/mol. The summed E-state index contributed by atoms with van der Waals surface area (Å²) in [6.07, 6.45) is 6.46. The summed E-state index contributed by atoms with van der Waals surface area (Å²) in [6, 6.07) is 0. The van der Waals surface area contributed by atoms with E-state index in [9.17, 15) is 24.3 Å². The lowest BCUT2D eigenvalue weighted by Gasteiger charge is -2.63. The average Bonchev–Trinajstić information content (AvgIpc) is 3.40. The van der Waals surface area contributed by atoms with E-state index < -0.39 is 40.8 Å². The largest absolute Gasteiger partial charge is 0.469 e. The maximum atomic E-state index is 13.4. The Morgan fingerprint density at radius 2 is 1.70 bits per heavy atom. The molecule has 0 bridgehead atoms. The molecule has 1 aliphatic heterocycles. The molecule has 6 rings (SSSR count).